The molecule has 0 radical (unpaired) electrons. The average molecular weight is 284 g/mol. The molecule has 0 aromatic heterocycles. The SMILES string of the molecule is O=C(OCCS(=O)(=O)O)c1cc(F)cc(F)c1F. The zero-order chi connectivity index (χ0) is 13.9. The first-order valence-electron chi connectivity index (χ1n) is 4.47. The molecular weight excluding hydrogens is 277 g/mol. The van der Waals surface area contributed by atoms with E-state index in [4.69, 9.17) is 4.55 Å². The summed E-state index contributed by atoms with van der Waals surface area (Å²) in [4.78, 5) is 11.2. The third-order valence-corrected chi connectivity index (χ3v) is 2.47. The summed E-state index contributed by atoms with van der Waals surface area (Å²) in [6.07, 6.45) is 0. The number of rotatable bonds is 4. The van der Waals surface area contributed by atoms with Gasteiger partial charge >= 0.3 is 5.97 Å². The zero-order valence-corrected chi connectivity index (χ0v) is 9.51. The highest BCUT2D eigenvalue weighted by Crippen LogP contribution is 2.15. The summed E-state index contributed by atoms with van der Waals surface area (Å²) >= 11 is 0. The first kappa shape index (κ1) is 14.5. The van der Waals surface area contributed by atoms with Crippen molar-refractivity contribution in [3.63, 3.8) is 0 Å². The molecule has 0 atom stereocenters. The van der Waals surface area contributed by atoms with E-state index in [9.17, 15) is 26.4 Å². The first-order valence-corrected chi connectivity index (χ1v) is 6.08. The molecule has 0 bridgehead atoms. The number of esters is 1. The van der Waals surface area contributed by atoms with Gasteiger partial charge in [0.1, 0.15) is 23.7 Å². The van der Waals surface area contributed by atoms with Gasteiger partial charge in [-0.2, -0.15) is 8.42 Å². The summed E-state index contributed by atoms with van der Waals surface area (Å²) in [5.41, 5.74) is -0.997. The number of carbonyl (C=O) groups is 1. The minimum Gasteiger partial charge on any atom is -0.461 e. The first-order chi connectivity index (χ1) is 8.20. The summed E-state index contributed by atoms with van der Waals surface area (Å²) in [6, 6.07) is 0.651. The van der Waals surface area contributed by atoms with Crippen LogP contribution in [0.1, 0.15) is 10.4 Å². The summed E-state index contributed by atoms with van der Waals surface area (Å²) in [7, 11) is -4.35. The molecule has 5 nitrogen and oxygen atoms in total. The minimum atomic E-state index is -4.35. The van der Waals surface area contributed by atoms with Crippen molar-refractivity contribution < 1.29 is 35.7 Å². The van der Waals surface area contributed by atoms with Crippen LogP contribution < -0.4 is 0 Å². The zero-order valence-electron chi connectivity index (χ0n) is 8.69. The van der Waals surface area contributed by atoms with Gasteiger partial charge < -0.3 is 4.74 Å². The molecule has 0 spiro atoms. The molecule has 9 heteroatoms. The molecule has 0 saturated heterocycles. The maximum atomic E-state index is 13.1. The number of benzene rings is 1. The summed E-state index contributed by atoms with van der Waals surface area (Å²) in [5, 5.41) is 0. The number of halogens is 3. The van der Waals surface area contributed by atoms with Gasteiger partial charge in [-0.15, -0.1) is 0 Å². The Morgan fingerprint density at radius 3 is 2.44 bits per heavy atom. The predicted octanol–water partition coefficient (Wildman–Crippen LogP) is 1.15. The van der Waals surface area contributed by atoms with E-state index in [1.165, 1.54) is 0 Å². The van der Waals surface area contributed by atoms with Crippen LogP contribution in [0.3, 0.4) is 0 Å². The lowest BCUT2D eigenvalue weighted by atomic mass is 10.2. The Bertz CT molecular complexity index is 570. The molecule has 0 saturated carbocycles. The number of hydrogen-bond acceptors (Lipinski definition) is 4. The third-order valence-electron chi connectivity index (χ3n) is 1.79. The Morgan fingerprint density at radius 1 is 1.28 bits per heavy atom. The largest absolute Gasteiger partial charge is 0.461 e. The molecule has 100 valence electrons. The van der Waals surface area contributed by atoms with Gasteiger partial charge in [-0.05, 0) is 6.07 Å². The molecule has 0 amide bonds. The van der Waals surface area contributed by atoms with Gasteiger partial charge in [-0.3, -0.25) is 4.55 Å². The molecule has 1 rings (SSSR count). The highest BCUT2D eigenvalue weighted by Gasteiger charge is 2.19. The van der Waals surface area contributed by atoms with E-state index in [2.05, 4.69) is 4.74 Å². The molecule has 0 aliphatic rings. The van der Waals surface area contributed by atoms with Crippen molar-refractivity contribution in [2.45, 2.75) is 0 Å². The molecule has 0 heterocycles. The van der Waals surface area contributed by atoms with E-state index < -0.39 is 51.5 Å². The highest BCUT2D eigenvalue weighted by molar-refractivity contribution is 7.85. The molecule has 0 aliphatic heterocycles. The lowest BCUT2D eigenvalue weighted by molar-refractivity contribution is 0.0521. The van der Waals surface area contributed by atoms with Crippen LogP contribution in [0.15, 0.2) is 12.1 Å². The third kappa shape index (κ3) is 4.00. The normalized spacial score (nSPS) is 11.3. The Kier molecular flexibility index (Phi) is 4.30. The Hall–Kier alpha value is -1.61. The lowest BCUT2D eigenvalue weighted by Crippen LogP contribution is -2.16. The number of carbonyl (C=O) groups excluding carboxylic acids is 1. The van der Waals surface area contributed by atoms with Crippen LogP contribution in [0.25, 0.3) is 0 Å². The summed E-state index contributed by atoms with van der Waals surface area (Å²) in [6.45, 7) is -0.769. The molecule has 0 fully saturated rings. The Labute approximate surface area is 99.9 Å². The van der Waals surface area contributed by atoms with Gasteiger partial charge in [0, 0.05) is 6.07 Å². The second-order valence-electron chi connectivity index (χ2n) is 3.17. The molecule has 1 N–H and O–H groups in total. The second kappa shape index (κ2) is 5.36. The maximum absolute atomic E-state index is 13.1. The van der Waals surface area contributed by atoms with Crippen molar-refractivity contribution in [1.29, 1.82) is 0 Å². The van der Waals surface area contributed by atoms with Gasteiger partial charge in [-0.25, -0.2) is 18.0 Å². The molecule has 18 heavy (non-hydrogen) atoms. The standard InChI is InChI=1S/C9H7F3O5S/c10-5-3-6(8(12)7(11)4-5)9(13)17-1-2-18(14,15)16/h3-4H,1-2H2,(H,14,15,16). The van der Waals surface area contributed by atoms with Gasteiger partial charge in [-0.1, -0.05) is 0 Å². The van der Waals surface area contributed by atoms with Crippen molar-refractivity contribution in [1.82, 2.24) is 0 Å². The van der Waals surface area contributed by atoms with Crippen LogP contribution in [0.4, 0.5) is 13.2 Å². The molecular formula is C9H7F3O5S. The van der Waals surface area contributed by atoms with E-state index in [0.717, 1.165) is 0 Å². The molecule has 1 aromatic carbocycles. The number of ether oxygens (including phenoxy) is 1. The van der Waals surface area contributed by atoms with E-state index in [0.29, 0.717) is 6.07 Å². The van der Waals surface area contributed by atoms with Gasteiger partial charge in [0.2, 0.25) is 0 Å². The van der Waals surface area contributed by atoms with Crippen LogP contribution >= 0.6 is 0 Å². The van der Waals surface area contributed by atoms with Gasteiger partial charge in [0.15, 0.2) is 11.6 Å². The van der Waals surface area contributed by atoms with E-state index in [-0.39, 0.29) is 6.07 Å². The lowest BCUT2D eigenvalue weighted by Gasteiger charge is -2.05. The predicted molar refractivity (Wildman–Crippen MR) is 53.0 cm³/mol. The summed E-state index contributed by atoms with van der Waals surface area (Å²) in [5.74, 6) is -6.70. The maximum Gasteiger partial charge on any atom is 0.341 e. The molecule has 0 unspecified atom stereocenters. The fourth-order valence-corrected chi connectivity index (χ4v) is 1.32. The van der Waals surface area contributed by atoms with Gasteiger partial charge in [0.05, 0.1) is 0 Å². The molecule has 0 aliphatic carbocycles. The second-order valence-corrected chi connectivity index (χ2v) is 4.74. The number of hydrogen-bond donors (Lipinski definition) is 1. The van der Waals surface area contributed by atoms with Crippen molar-refractivity contribution in [2.24, 2.45) is 0 Å². The fraction of sp³-hybridized carbons (Fsp3) is 0.222. The van der Waals surface area contributed by atoms with E-state index in [1.54, 1.807) is 0 Å². The fourth-order valence-electron chi connectivity index (χ4n) is 1.02. The Morgan fingerprint density at radius 2 is 1.89 bits per heavy atom. The smallest absolute Gasteiger partial charge is 0.341 e. The van der Waals surface area contributed by atoms with E-state index in [1.807, 2.05) is 0 Å². The van der Waals surface area contributed by atoms with Crippen molar-refractivity contribution >= 4 is 16.1 Å². The van der Waals surface area contributed by atoms with Crippen LogP contribution in [0.2, 0.25) is 0 Å². The quantitative estimate of drug-likeness (QED) is 0.509. The van der Waals surface area contributed by atoms with Gasteiger partial charge in [0.25, 0.3) is 10.1 Å². The monoisotopic (exact) mass is 284 g/mol. The van der Waals surface area contributed by atoms with E-state index >= 15 is 0 Å². The van der Waals surface area contributed by atoms with Crippen LogP contribution in [-0.2, 0) is 14.9 Å². The van der Waals surface area contributed by atoms with Crippen molar-refractivity contribution in [2.75, 3.05) is 12.4 Å². The van der Waals surface area contributed by atoms with Crippen LogP contribution in [-0.4, -0.2) is 31.3 Å². The van der Waals surface area contributed by atoms with Crippen molar-refractivity contribution in [3.05, 3.63) is 35.1 Å². The summed E-state index contributed by atoms with van der Waals surface area (Å²) < 4.78 is 71.7. The van der Waals surface area contributed by atoms with Crippen LogP contribution in [0.5, 0.6) is 0 Å². The van der Waals surface area contributed by atoms with Crippen molar-refractivity contribution in [3.8, 4) is 0 Å². The molecule has 1 aromatic rings. The van der Waals surface area contributed by atoms with Crippen LogP contribution in [0, 0.1) is 17.5 Å². The highest BCUT2D eigenvalue weighted by atomic mass is 32.2. The average Bonchev–Trinajstić information content (AvgIpc) is 2.21. The topological polar surface area (TPSA) is 80.7 Å². The minimum absolute atomic E-state index is 0.240. The Balaban J connectivity index is 2.79.